The first-order valence-corrected chi connectivity index (χ1v) is 9.14. The van der Waals surface area contributed by atoms with Crippen molar-refractivity contribution in [1.82, 2.24) is 9.88 Å². The number of hydrogen-bond donors (Lipinski definition) is 1. The second-order valence-corrected chi connectivity index (χ2v) is 7.18. The average Bonchev–Trinajstić information content (AvgIpc) is 3.20. The largest absolute Gasteiger partial charge is 0.360 e. The molecule has 2 aromatic rings. The summed E-state index contributed by atoms with van der Waals surface area (Å²) in [6, 6.07) is 6.14. The third-order valence-electron chi connectivity index (χ3n) is 4.17. The summed E-state index contributed by atoms with van der Waals surface area (Å²) in [6.45, 7) is 4.20. The SMILES string of the molecule is CCc1cccc2c(C(=O)CSC(=S)N3CCCC3)c[nH]c12. The van der Waals surface area contributed by atoms with Gasteiger partial charge < -0.3 is 9.88 Å². The van der Waals surface area contributed by atoms with Gasteiger partial charge in [0.2, 0.25) is 0 Å². The van der Waals surface area contributed by atoms with Gasteiger partial charge in [-0.15, -0.1) is 0 Å². The summed E-state index contributed by atoms with van der Waals surface area (Å²) in [5, 5.41) is 1.03. The van der Waals surface area contributed by atoms with Gasteiger partial charge in [-0.05, 0) is 24.8 Å². The van der Waals surface area contributed by atoms with Gasteiger partial charge >= 0.3 is 0 Å². The van der Waals surface area contributed by atoms with Crippen molar-refractivity contribution in [2.75, 3.05) is 18.8 Å². The number of likely N-dealkylation sites (tertiary alicyclic amines) is 1. The number of nitrogens with one attached hydrogen (secondary N) is 1. The minimum atomic E-state index is 0.144. The Hall–Kier alpha value is -1.33. The number of carbonyl (C=O) groups excluding carboxylic acids is 1. The molecule has 5 heteroatoms. The van der Waals surface area contributed by atoms with E-state index in [1.165, 1.54) is 30.2 Å². The van der Waals surface area contributed by atoms with Crippen LogP contribution in [0.15, 0.2) is 24.4 Å². The molecule has 2 heterocycles. The number of ketones is 1. The number of carbonyl (C=O) groups is 1. The molecule has 1 aromatic heterocycles. The third-order valence-corrected chi connectivity index (χ3v) is 5.70. The first-order valence-electron chi connectivity index (χ1n) is 7.74. The fraction of sp³-hybridized carbons (Fsp3) is 0.412. The maximum atomic E-state index is 12.5. The van der Waals surface area contributed by atoms with Gasteiger partial charge in [0, 0.05) is 35.8 Å². The monoisotopic (exact) mass is 332 g/mol. The van der Waals surface area contributed by atoms with Crippen molar-refractivity contribution >= 4 is 45.0 Å². The van der Waals surface area contributed by atoms with Crippen molar-refractivity contribution in [2.45, 2.75) is 26.2 Å². The van der Waals surface area contributed by atoms with Gasteiger partial charge in [0.15, 0.2) is 5.78 Å². The number of rotatable bonds is 4. The van der Waals surface area contributed by atoms with Crippen molar-refractivity contribution in [2.24, 2.45) is 0 Å². The van der Waals surface area contributed by atoms with Crippen LogP contribution in [-0.2, 0) is 6.42 Å². The van der Waals surface area contributed by atoms with Gasteiger partial charge in [0.25, 0.3) is 0 Å². The number of thiocarbonyl (C=S) groups is 1. The molecular formula is C17H20N2OS2. The molecule has 3 nitrogen and oxygen atoms in total. The molecule has 0 radical (unpaired) electrons. The van der Waals surface area contributed by atoms with Crippen LogP contribution in [0.4, 0.5) is 0 Å². The maximum absolute atomic E-state index is 12.5. The Morgan fingerprint density at radius 1 is 1.36 bits per heavy atom. The minimum absolute atomic E-state index is 0.144. The summed E-state index contributed by atoms with van der Waals surface area (Å²) in [5.41, 5.74) is 3.11. The quantitative estimate of drug-likeness (QED) is 0.677. The van der Waals surface area contributed by atoms with Crippen molar-refractivity contribution in [3.05, 3.63) is 35.5 Å². The fourth-order valence-electron chi connectivity index (χ4n) is 2.94. The fourth-order valence-corrected chi connectivity index (χ4v) is 4.07. The van der Waals surface area contributed by atoms with Crippen molar-refractivity contribution < 1.29 is 4.79 Å². The van der Waals surface area contributed by atoms with Crippen molar-refractivity contribution in [3.63, 3.8) is 0 Å². The second-order valence-electron chi connectivity index (χ2n) is 5.57. The lowest BCUT2D eigenvalue weighted by molar-refractivity contribution is 0.102. The molecule has 0 unspecified atom stereocenters. The molecule has 0 aliphatic carbocycles. The smallest absolute Gasteiger partial charge is 0.175 e. The molecular weight excluding hydrogens is 312 g/mol. The molecule has 0 amide bonds. The van der Waals surface area contributed by atoms with E-state index >= 15 is 0 Å². The Bertz CT molecular complexity index is 702. The molecule has 0 bridgehead atoms. The Kier molecular flexibility index (Phi) is 4.84. The molecule has 3 rings (SSSR count). The summed E-state index contributed by atoms with van der Waals surface area (Å²) in [7, 11) is 0. The Balaban J connectivity index is 1.71. The van der Waals surface area contributed by atoms with Crippen molar-refractivity contribution in [3.8, 4) is 0 Å². The van der Waals surface area contributed by atoms with Crippen LogP contribution in [0.3, 0.4) is 0 Å². The zero-order chi connectivity index (χ0) is 15.5. The molecule has 0 saturated carbocycles. The molecule has 22 heavy (non-hydrogen) atoms. The van der Waals surface area contributed by atoms with Gasteiger partial charge in [-0.3, -0.25) is 4.79 Å². The van der Waals surface area contributed by atoms with E-state index in [4.69, 9.17) is 12.2 Å². The van der Waals surface area contributed by atoms with E-state index < -0.39 is 0 Å². The van der Waals surface area contributed by atoms with Crippen LogP contribution in [-0.4, -0.2) is 38.8 Å². The number of hydrogen-bond acceptors (Lipinski definition) is 3. The summed E-state index contributed by atoms with van der Waals surface area (Å²) in [5.74, 6) is 0.560. The van der Waals surface area contributed by atoms with E-state index in [0.717, 1.165) is 40.3 Å². The third kappa shape index (κ3) is 3.06. The summed E-state index contributed by atoms with van der Waals surface area (Å²) in [6.07, 6.45) is 5.21. The van der Waals surface area contributed by atoms with Gasteiger partial charge in [-0.25, -0.2) is 0 Å². The van der Waals surface area contributed by atoms with Crippen LogP contribution in [0, 0.1) is 0 Å². The first kappa shape index (κ1) is 15.6. The Labute approximate surface area is 140 Å². The average molecular weight is 332 g/mol. The number of nitrogens with zero attached hydrogens (tertiary/aromatic N) is 1. The molecule has 1 aliphatic rings. The van der Waals surface area contributed by atoms with Crippen LogP contribution in [0.2, 0.25) is 0 Å². The standard InChI is InChI=1S/C17H20N2OS2/c1-2-12-6-5-7-13-14(10-18-16(12)13)15(20)11-22-17(21)19-8-3-4-9-19/h5-7,10,18H,2-4,8-9,11H2,1H3. The molecule has 1 saturated heterocycles. The lowest BCUT2D eigenvalue weighted by Crippen LogP contribution is -2.24. The zero-order valence-corrected chi connectivity index (χ0v) is 14.4. The van der Waals surface area contributed by atoms with Crippen LogP contribution in [0.5, 0.6) is 0 Å². The molecule has 1 aliphatic heterocycles. The highest BCUT2D eigenvalue weighted by Gasteiger charge is 2.18. The van der Waals surface area contributed by atoms with Crippen LogP contribution >= 0.6 is 24.0 Å². The molecule has 1 fully saturated rings. The van der Waals surface area contributed by atoms with E-state index in [9.17, 15) is 4.79 Å². The Morgan fingerprint density at radius 3 is 2.86 bits per heavy atom. The number of aromatic nitrogens is 1. The van der Waals surface area contributed by atoms with Crippen molar-refractivity contribution in [1.29, 1.82) is 0 Å². The number of para-hydroxylation sites is 1. The summed E-state index contributed by atoms with van der Waals surface area (Å²) < 4.78 is 0.861. The highest BCUT2D eigenvalue weighted by Crippen LogP contribution is 2.24. The highest BCUT2D eigenvalue weighted by molar-refractivity contribution is 8.23. The number of fused-ring (bicyclic) bond motifs is 1. The predicted molar refractivity (Wildman–Crippen MR) is 97.9 cm³/mol. The number of Topliss-reactive ketones (excluding diaryl/α,β-unsaturated/α-hetero) is 1. The second kappa shape index (κ2) is 6.84. The van der Waals surface area contributed by atoms with Crippen LogP contribution in [0.25, 0.3) is 10.9 Å². The van der Waals surface area contributed by atoms with Gasteiger partial charge in [0.05, 0.1) is 5.75 Å². The van der Waals surface area contributed by atoms with Gasteiger partial charge in [0.1, 0.15) is 4.32 Å². The maximum Gasteiger partial charge on any atom is 0.175 e. The number of H-pyrrole nitrogens is 1. The molecule has 1 N–H and O–H groups in total. The van der Waals surface area contributed by atoms with Crippen LogP contribution in [0.1, 0.15) is 35.7 Å². The number of thioether (sulfide) groups is 1. The molecule has 0 atom stereocenters. The highest BCUT2D eigenvalue weighted by atomic mass is 32.2. The number of aryl methyl sites for hydroxylation is 1. The van der Waals surface area contributed by atoms with Crippen LogP contribution < -0.4 is 0 Å². The normalized spacial score (nSPS) is 14.7. The zero-order valence-electron chi connectivity index (χ0n) is 12.7. The lowest BCUT2D eigenvalue weighted by Gasteiger charge is -2.17. The van der Waals surface area contributed by atoms with E-state index in [1.54, 1.807) is 0 Å². The van der Waals surface area contributed by atoms with E-state index in [0.29, 0.717) is 5.75 Å². The summed E-state index contributed by atoms with van der Waals surface area (Å²) in [4.78, 5) is 18.0. The van der Waals surface area contributed by atoms with E-state index in [-0.39, 0.29) is 5.78 Å². The minimum Gasteiger partial charge on any atom is -0.360 e. The van der Waals surface area contributed by atoms with Gasteiger partial charge in [-0.1, -0.05) is 49.1 Å². The number of aromatic amines is 1. The topological polar surface area (TPSA) is 36.1 Å². The van der Waals surface area contributed by atoms with E-state index in [2.05, 4.69) is 22.9 Å². The molecule has 0 spiro atoms. The lowest BCUT2D eigenvalue weighted by atomic mass is 10.1. The van der Waals surface area contributed by atoms with Gasteiger partial charge in [-0.2, -0.15) is 0 Å². The molecule has 116 valence electrons. The summed E-state index contributed by atoms with van der Waals surface area (Å²) >= 11 is 6.92. The number of benzene rings is 1. The van der Waals surface area contributed by atoms with E-state index in [1.807, 2.05) is 18.3 Å². The predicted octanol–water partition coefficient (Wildman–Crippen LogP) is 4.03. The first-order chi connectivity index (χ1) is 10.7. The Morgan fingerprint density at radius 2 is 2.14 bits per heavy atom. The molecule has 1 aromatic carbocycles.